The second-order valence-electron chi connectivity index (χ2n) is 7.16. The highest BCUT2D eigenvalue weighted by molar-refractivity contribution is 4.70. The van der Waals surface area contributed by atoms with E-state index in [4.69, 9.17) is 5.73 Å². The SMILES string of the molecule is CCCCCCCCCCCC[C@H](C)C[C@@H](CN)N(C)C. The molecule has 0 aromatic heterocycles. The summed E-state index contributed by atoms with van der Waals surface area (Å²) in [6, 6.07) is 0.558. The van der Waals surface area contributed by atoms with E-state index in [0.717, 1.165) is 12.5 Å². The van der Waals surface area contributed by atoms with Crippen molar-refractivity contribution in [3.05, 3.63) is 0 Å². The zero-order valence-electron chi connectivity index (χ0n) is 15.4. The normalized spacial score (nSPS) is 14.6. The highest BCUT2D eigenvalue weighted by Crippen LogP contribution is 2.18. The Morgan fingerprint density at radius 3 is 1.71 bits per heavy atom. The molecule has 0 rings (SSSR count). The molecule has 0 saturated heterocycles. The molecule has 0 aromatic carbocycles. The smallest absolute Gasteiger partial charge is 0.0214 e. The molecule has 0 spiro atoms. The van der Waals surface area contributed by atoms with Crippen molar-refractivity contribution in [2.24, 2.45) is 11.7 Å². The van der Waals surface area contributed by atoms with Gasteiger partial charge in [0.25, 0.3) is 0 Å². The van der Waals surface area contributed by atoms with Crippen LogP contribution in [0.2, 0.25) is 0 Å². The van der Waals surface area contributed by atoms with Gasteiger partial charge in [0.2, 0.25) is 0 Å². The van der Waals surface area contributed by atoms with Gasteiger partial charge in [0.05, 0.1) is 0 Å². The van der Waals surface area contributed by atoms with Crippen LogP contribution < -0.4 is 5.73 Å². The van der Waals surface area contributed by atoms with Crippen LogP contribution in [0.1, 0.15) is 90.9 Å². The van der Waals surface area contributed by atoms with E-state index in [0.29, 0.717) is 6.04 Å². The lowest BCUT2D eigenvalue weighted by molar-refractivity contribution is 0.248. The highest BCUT2D eigenvalue weighted by Gasteiger charge is 2.13. The van der Waals surface area contributed by atoms with Gasteiger partial charge in [-0.05, 0) is 26.4 Å². The van der Waals surface area contributed by atoms with Crippen LogP contribution in [-0.4, -0.2) is 31.6 Å². The zero-order valence-corrected chi connectivity index (χ0v) is 15.4. The van der Waals surface area contributed by atoms with Gasteiger partial charge >= 0.3 is 0 Å². The number of unbranched alkanes of at least 4 members (excludes halogenated alkanes) is 9. The minimum absolute atomic E-state index is 0.558. The summed E-state index contributed by atoms with van der Waals surface area (Å²) in [6.45, 7) is 5.46. The van der Waals surface area contributed by atoms with Crippen molar-refractivity contribution in [3.63, 3.8) is 0 Å². The Balaban J connectivity index is 3.34. The number of hydrogen-bond acceptors (Lipinski definition) is 2. The summed E-state index contributed by atoms with van der Waals surface area (Å²) in [5.74, 6) is 0.815. The van der Waals surface area contributed by atoms with Crippen molar-refractivity contribution in [1.29, 1.82) is 0 Å². The van der Waals surface area contributed by atoms with Gasteiger partial charge < -0.3 is 10.6 Å². The Kier molecular flexibility index (Phi) is 14.8. The fraction of sp³-hybridized carbons (Fsp3) is 1.00. The number of rotatable bonds is 15. The molecule has 0 aromatic rings. The van der Waals surface area contributed by atoms with Crippen LogP contribution in [0.15, 0.2) is 0 Å². The highest BCUT2D eigenvalue weighted by atomic mass is 15.1. The van der Waals surface area contributed by atoms with Crippen LogP contribution in [0.25, 0.3) is 0 Å². The Morgan fingerprint density at radius 1 is 0.810 bits per heavy atom. The monoisotopic (exact) mass is 298 g/mol. The van der Waals surface area contributed by atoms with E-state index in [1.807, 2.05) is 0 Å². The first kappa shape index (κ1) is 20.9. The van der Waals surface area contributed by atoms with Crippen molar-refractivity contribution in [2.45, 2.75) is 96.9 Å². The summed E-state index contributed by atoms with van der Waals surface area (Å²) in [5, 5.41) is 0. The molecule has 21 heavy (non-hydrogen) atoms. The summed E-state index contributed by atoms with van der Waals surface area (Å²) in [4.78, 5) is 2.27. The maximum absolute atomic E-state index is 5.83. The Hall–Kier alpha value is -0.0800. The van der Waals surface area contributed by atoms with Gasteiger partial charge in [-0.15, -0.1) is 0 Å². The van der Waals surface area contributed by atoms with E-state index in [1.165, 1.54) is 77.0 Å². The largest absolute Gasteiger partial charge is 0.329 e. The molecule has 2 N–H and O–H groups in total. The number of nitrogens with zero attached hydrogens (tertiary/aromatic N) is 1. The van der Waals surface area contributed by atoms with Crippen LogP contribution in [0.5, 0.6) is 0 Å². The molecule has 0 aliphatic carbocycles. The molecule has 2 atom stereocenters. The first-order chi connectivity index (χ1) is 10.1. The number of hydrogen-bond donors (Lipinski definition) is 1. The molecule has 128 valence electrons. The lowest BCUT2D eigenvalue weighted by atomic mass is 9.94. The fourth-order valence-corrected chi connectivity index (χ4v) is 3.08. The summed E-state index contributed by atoms with van der Waals surface area (Å²) in [6.07, 6.45) is 16.9. The van der Waals surface area contributed by atoms with Gasteiger partial charge in [-0.25, -0.2) is 0 Å². The molecule has 0 radical (unpaired) electrons. The van der Waals surface area contributed by atoms with Crippen LogP contribution in [0.3, 0.4) is 0 Å². The van der Waals surface area contributed by atoms with Gasteiger partial charge in [-0.3, -0.25) is 0 Å². The molecule has 0 aliphatic heterocycles. The Bertz CT molecular complexity index is 204. The molecule has 0 fully saturated rings. The third-order valence-corrected chi connectivity index (χ3v) is 4.73. The maximum Gasteiger partial charge on any atom is 0.0214 e. The van der Waals surface area contributed by atoms with Crippen molar-refractivity contribution in [1.82, 2.24) is 4.90 Å². The van der Waals surface area contributed by atoms with Crippen LogP contribution >= 0.6 is 0 Å². The van der Waals surface area contributed by atoms with Crippen LogP contribution in [0.4, 0.5) is 0 Å². The second kappa shape index (κ2) is 14.8. The van der Waals surface area contributed by atoms with Crippen molar-refractivity contribution < 1.29 is 0 Å². The van der Waals surface area contributed by atoms with E-state index in [1.54, 1.807) is 0 Å². The van der Waals surface area contributed by atoms with Crippen molar-refractivity contribution in [3.8, 4) is 0 Å². The third kappa shape index (κ3) is 13.3. The van der Waals surface area contributed by atoms with Crippen molar-refractivity contribution >= 4 is 0 Å². The van der Waals surface area contributed by atoms with Crippen LogP contribution in [0, 0.1) is 5.92 Å². The summed E-state index contributed by atoms with van der Waals surface area (Å²) in [7, 11) is 4.29. The lowest BCUT2D eigenvalue weighted by Gasteiger charge is -2.25. The molecular weight excluding hydrogens is 256 g/mol. The summed E-state index contributed by atoms with van der Waals surface area (Å²) >= 11 is 0. The lowest BCUT2D eigenvalue weighted by Crippen LogP contribution is -2.36. The topological polar surface area (TPSA) is 29.3 Å². The molecule has 0 aliphatic rings. The molecule has 2 heteroatoms. The molecule has 0 heterocycles. The Labute approximate surface area is 134 Å². The molecule has 0 amide bonds. The first-order valence-corrected chi connectivity index (χ1v) is 9.48. The summed E-state index contributed by atoms with van der Waals surface area (Å²) < 4.78 is 0. The predicted molar refractivity (Wildman–Crippen MR) is 96.8 cm³/mol. The van der Waals surface area contributed by atoms with E-state index in [-0.39, 0.29) is 0 Å². The van der Waals surface area contributed by atoms with Gasteiger partial charge in [0.15, 0.2) is 0 Å². The van der Waals surface area contributed by atoms with Crippen molar-refractivity contribution in [2.75, 3.05) is 20.6 Å². The average Bonchev–Trinajstić information content (AvgIpc) is 2.46. The van der Waals surface area contributed by atoms with E-state index >= 15 is 0 Å². The van der Waals surface area contributed by atoms with Gasteiger partial charge in [-0.2, -0.15) is 0 Å². The van der Waals surface area contributed by atoms with Gasteiger partial charge in [0, 0.05) is 12.6 Å². The molecule has 0 bridgehead atoms. The fourth-order valence-electron chi connectivity index (χ4n) is 3.08. The molecule has 0 saturated carbocycles. The molecule has 0 unspecified atom stereocenters. The van der Waals surface area contributed by atoms with Gasteiger partial charge in [-0.1, -0.05) is 84.5 Å². The van der Waals surface area contributed by atoms with E-state index < -0.39 is 0 Å². The quantitative estimate of drug-likeness (QED) is 0.420. The standard InChI is InChI=1S/C19H42N2/c1-5-6-7-8-9-10-11-12-13-14-15-18(2)16-19(17-20)21(3)4/h18-19H,5-17,20H2,1-4H3/t18-,19-/m0/s1. The average molecular weight is 299 g/mol. The maximum atomic E-state index is 5.83. The second-order valence-corrected chi connectivity index (χ2v) is 7.16. The molecule has 2 nitrogen and oxygen atoms in total. The molecular formula is C19H42N2. The first-order valence-electron chi connectivity index (χ1n) is 9.48. The minimum atomic E-state index is 0.558. The zero-order chi connectivity index (χ0) is 15.9. The number of nitrogens with two attached hydrogens (primary N) is 1. The Morgan fingerprint density at radius 2 is 1.29 bits per heavy atom. The number of likely N-dealkylation sites (N-methyl/N-ethyl adjacent to an activating group) is 1. The van der Waals surface area contributed by atoms with E-state index in [2.05, 4.69) is 32.8 Å². The predicted octanol–water partition coefficient (Wildman–Crippen LogP) is 5.21. The van der Waals surface area contributed by atoms with Crippen LogP contribution in [-0.2, 0) is 0 Å². The third-order valence-electron chi connectivity index (χ3n) is 4.73. The van der Waals surface area contributed by atoms with E-state index in [9.17, 15) is 0 Å². The van der Waals surface area contributed by atoms with Gasteiger partial charge in [0.1, 0.15) is 0 Å². The summed E-state index contributed by atoms with van der Waals surface area (Å²) in [5.41, 5.74) is 5.83. The minimum Gasteiger partial charge on any atom is -0.329 e.